The molecule has 0 saturated heterocycles. The molecule has 0 unspecified atom stereocenters. The molecule has 0 atom stereocenters. The molecule has 4 rings (SSSR count). The number of H-pyrrole nitrogens is 1. The number of rotatable bonds is 2. The van der Waals surface area contributed by atoms with Gasteiger partial charge < -0.3 is 4.74 Å². The standard InChI is InChI=1S/C19H16ClN3O2/c1-2-25-19(24)18-15-16-11(4-3-9-21-16)5-6-12-10-13(20)7-8-14(12)17(15)22-23-18/h3-4,7-10H,2,5-6H2,1H3,(H,22,23). The number of carbonyl (C=O) groups is 1. The first kappa shape index (κ1) is 15.8. The number of esters is 1. The van der Waals surface area contributed by atoms with Gasteiger partial charge in [-0.15, -0.1) is 0 Å². The maximum Gasteiger partial charge on any atom is 0.359 e. The molecule has 1 aromatic carbocycles. The van der Waals surface area contributed by atoms with Gasteiger partial charge in [0.15, 0.2) is 5.69 Å². The Morgan fingerprint density at radius 3 is 2.96 bits per heavy atom. The molecule has 1 N–H and O–H groups in total. The Morgan fingerprint density at radius 1 is 1.28 bits per heavy atom. The summed E-state index contributed by atoms with van der Waals surface area (Å²) in [5, 5.41) is 7.96. The van der Waals surface area contributed by atoms with E-state index in [0.29, 0.717) is 17.2 Å². The highest BCUT2D eigenvalue weighted by atomic mass is 35.5. The zero-order valence-electron chi connectivity index (χ0n) is 13.7. The Bertz CT molecular complexity index is 965. The van der Waals surface area contributed by atoms with E-state index >= 15 is 0 Å². The van der Waals surface area contributed by atoms with E-state index in [0.717, 1.165) is 40.9 Å². The molecular weight excluding hydrogens is 338 g/mol. The third kappa shape index (κ3) is 2.70. The van der Waals surface area contributed by atoms with Crippen LogP contribution in [-0.4, -0.2) is 27.8 Å². The zero-order chi connectivity index (χ0) is 17.4. The maximum absolute atomic E-state index is 12.4. The number of fused-ring (bicyclic) bond motifs is 5. The number of nitrogens with zero attached hydrogens (tertiary/aromatic N) is 2. The van der Waals surface area contributed by atoms with Crippen LogP contribution in [-0.2, 0) is 17.6 Å². The van der Waals surface area contributed by atoms with Crippen LogP contribution in [0.15, 0.2) is 36.5 Å². The second kappa shape index (κ2) is 6.33. The van der Waals surface area contributed by atoms with Crippen molar-refractivity contribution in [1.29, 1.82) is 0 Å². The molecule has 0 amide bonds. The molecule has 2 aromatic heterocycles. The van der Waals surface area contributed by atoms with Crippen molar-refractivity contribution in [3.05, 3.63) is 58.4 Å². The van der Waals surface area contributed by atoms with Crippen molar-refractivity contribution in [2.75, 3.05) is 6.61 Å². The van der Waals surface area contributed by atoms with Gasteiger partial charge >= 0.3 is 5.97 Å². The van der Waals surface area contributed by atoms with Crippen LogP contribution in [0.2, 0.25) is 5.02 Å². The van der Waals surface area contributed by atoms with Gasteiger partial charge in [-0.3, -0.25) is 10.1 Å². The van der Waals surface area contributed by atoms with Crippen LogP contribution in [0.25, 0.3) is 22.5 Å². The third-order valence-corrected chi connectivity index (χ3v) is 4.60. The number of benzene rings is 1. The fourth-order valence-electron chi connectivity index (χ4n) is 3.26. The van der Waals surface area contributed by atoms with E-state index < -0.39 is 5.97 Å². The van der Waals surface area contributed by atoms with Gasteiger partial charge in [0.1, 0.15) is 0 Å². The molecular formula is C19H16ClN3O2. The lowest BCUT2D eigenvalue weighted by molar-refractivity contribution is 0.0520. The predicted molar refractivity (Wildman–Crippen MR) is 95.6 cm³/mol. The zero-order valence-corrected chi connectivity index (χ0v) is 14.4. The van der Waals surface area contributed by atoms with Crippen molar-refractivity contribution >= 4 is 17.6 Å². The lowest BCUT2D eigenvalue weighted by Crippen LogP contribution is -2.09. The highest BCUT2D eigenvalue weighted by molar-refractivity contribution is 6.30. The van der Waals surface area contributed by atoms with E-state index in [1.807, 2.05) is 30.3 Å². The molecule has 0 aliphatic heterocycles. The molecule has 0 fully saturated rings. The quantitative estimate of drug-likeness (QED) is 0.705. The summed E-state index contributed by atoms with van der Waals surface area (Å²) in [4.78, 5) is 16.9. The number of ether oxygens (including phenoxy) is 1. The lowest BCUT2D eigenvalue weighted by atomic mass is 9.89. The lowest BCUT2D eigenvalue weighted by Gasteiger charge is -2.17. The summed E-state index contributed by atoms with van der Waals surface area (Å²) in [6.45, 7) is 2.07. The normalized spacial score (nSPS) is 12.4. The Morgan fingerprint density at radius 2 is 2.12 bits per heavy atom. The number of halogens is 1. The van der Waals surface area contributed by atoms with Crippen molar-refractivity contribution in [2.45, 2.75) is 19.8 Å². The molecule has 1 aliphatic rings. The molecule has 3 aromatic rings. The van der Waals surface area contributed by atoms with Crippen LogP contribution in [0.1, 0.15) is 28.5 Å². The van der Waals surface area contributed by atoms with Gasteiger partial charge in [0.25, 0.3) is 0 Å². The molecule has 1 aliphatic carbocycles. The van der Waals surface area contributed by atoms with E-state index in [1.165, 1.54) is 0 Å². The monoisotopic (exact) mass is 353 g/mol. The summed E-state index contributed by atoms with van der Waals surface area (Å²) in [6, 6.07) is 9.70. The van der Waals surface area contributed by atoms with Crippen molar-refractivity contribution in [3.8, 4) is 22.5 Å². The summed E-state index contributed by atoms with van der Waals surface area (Å²) in [5.41, 5.74) is 5.67. The average molecular weight is 354 g/mol. The minimum absolute atomic E-state index is 0.264. The van der Waals surface area contributed by atoms with Crippen molar-refractivity contribution < 1.29 is 9.53 Å². The molecule has 0 saturated carbocycles. The number of hydrogen-bond acceptors (Lipinski definition) is 4. The molecule has 0 bridgehead atoms. The minimum Gasteiger partial charge on any atom is -0.461 e. The number of pyridine rings is 1. The molecule has 2 heterocycles. The first-order chi connectivity index (χ1) is 12.2. The number of aromatic amines is 1. The summed E-state index contributed by atoms with van der Waals surface area (Å²) >= 11 is 6.18. The van der Waals surface area contributed by atoms with E-state index in [9.17, 15) is 4.79 Å². The maximum atomic E-state index is 12.4. The van der Waals surface area contributed by atoms with Crippen molar-refractivity contribution in [3.63, 3.8) is 0 Å². The largest absolute Gasteiger partial charge is 0.461 e. The summed E-state index contributed by atoms with van der Waals surface area (Å²) in [7, 11) is 0. The molecule has 5 nitrogen and oxygen atoms in total. The number of hydrogen-bond donors (Lipinski definition) is 1. The second-order valence-corrected chi connectivity index (χ2v) is 6.29. The predicted octanol–water partition coefficient (Wildman–Crippen LogP) is 4.07. The Hall–Kier alpha value is -2.66. The first-order valence-electron chi connectivity index (χ1n) is 8.17. The molecule has 0 radical (unpaired) electrons. The molecule has 6 heteroatoms. The molecule has 25 heavy (non-hydrogen) atoms. The second-order valence-electron chi connectivity index (χ2n) is 5.86. The number of aromatic nitrogens is 3. The summed E-state index contributed by atoms with van der Waals surface area (Å²) < 4.78 is 5.18. The van der Waals surface area contributed by atoms with Crippen LogP contribution in [0.4, 0.5) is 0 Å². The van der Waals surface area contributed by atoms with Gasteiger partial charge in [0.2, 0.25) is 0 Å². The molecule has 126 valence electrons. The van der Waals surface area contributed by atoms with Gasteiger partial charge in [0.05, 0.1) is 23.6 Å². The van der Waals surface area contributed by atoms with Crippen LogP contribution in [0.5, 0.6) is 0 Å². The van der Waals surface area contributed by atoms with Crippen LogP contribution >= 0.6 is 11.6 Å². The minimum atomic E-state index is -0.451. The SMILES string of the molecule is CCOC(=O)c1n[nH]c2c1-c1ncccc1CCc1cc(Cl)ccc1-2. The number of carbonyl (C=O) groups excluding carboxylic acids is 1. The Kier molecular flexibility index (Phi) is 4.01. The highest BCUT2D eigenvalue weighted by Crippen LogP contribution is 2.39. The van der Waals surface area contributed by atoms with E-state index in [1.54, 1.807) is 13.1 Å². The van der Waals surface area contributed by atoms with Crippen LogP contribution in [0.3, 0.4) is 0 Å². The average Bonchev–Trinajstić information content (AvgIpc) is 3.03. The van der Waals surface area contributed by atoms with Gasteiger partial charge in [-0.25, -0.2) is 4.79 Å². The highest BCUT2D eigenvalue weighted by Gasteiger charge is 2.28. The third-order valence-electron chi connectivity index (χ3n) is 4.36. The Balaban J connectivity index is 2.01. The Labute approximate surface area is 150 Å². The van der Waals surface area contributed by atoms with Crippen molar-refractivity contribution in [1.82, 2.24) is 15.2 Å². The topological polar surface area (TPSA) is 67.9 Å². The van der Waals surface area contributed by atoms with E-state index in [4.69, 9.17) is 16.3 Å². The smallest absolute Gasteiger partial charge is 0.359 e. The molecule has 0 spiro atoms. The fraction of sp³-hybridized carbons (Fsp3) is 0.211. The van der Waals surface area contributed by atoms with Gasteiger partial charge in [0, 0.05) is 16.8 Å². The van der Waals surface area contributed by atoms with Crippen LogP contribution < -0.4 is 0 Å². The van der Waals surface area contributed by atoms with Crippen LogP contribution in [0, 0.1) is 0 Å². The van der Waals surface area contributed by atoms with E-state index in [-0.39, 0.29) is 5.69 Å². The summed E-state index contributed by atoms with van der Waals surface area (Å²) in [6.07, 6.45) is 3.38. The summed E-state index contributed by atoms with van der Waals surface area (Å²) in [5.74, 6) is -0.451. The van der Waals surface area contributed by atoms with Gasteiger partial charge in [-0.05, 0) is 49.1 Å². The van der Waals surface area contributed by atoms with E-state index in [2.05, 4.69) is 15.2 Å². The van der Waals surface area contributed by atoms with Gasteiger partial charge in [-0.2, -0.15) is 5.10 Å². The van der Waals surface area contributed by atoms with Crippen molar-refractivity contribution in [2.24, 2.45) is 0 Å². The fourth-order valence-corrected chi connectivity index (χ4v) is 3.46. The first-order valence-corrected chi connectivity index (χ1v) is 8.55. The number of nitrogens with one attached hydrogen (secondary N) is 1. The van der Waals surface area contributed by atoms with Gasteiger partial charge in [-0.1, -0.05) is 23.7 Å². The number of aryl methyl sites for hydroxylation is 2.